The van der Waals surface area contributed by atoms with Crippen molar-refractivity contribution >= 4 is 13.8 Å². The van der Waals surface area contributed by atoms with Crippen LogP contribution < -0.4 is 4.89 Å². The molecular formula is C9H19NO7P-. The third kappa shape index (κ3) is 10.6. The molecule has 108 valence electrons. The molecule has 0 fully saturated rings. The largest absolute Gasteiger partial charge is 0.756 e. The summed E-state index contributed by atoms with van der Waals surface area (Å²) in [5.74, 6) is -0.568. The van der Waals surface area contributed by atoms with Gasteiger partial charge in [-0.3, -0.25) is 9.36 Å². The number of phosphoric ester groups is 1. The van der Waals surface area contributed by atoms with Crippen LogP contribution in [0.25, 0.3) is 0 Å². The van der Waals surface area contributed by atoms with Crippen LogP contribution in [0.3, 0.4) is 0 Å². The van der Waals surface area contributed by atoms with E-state index in [9.17, 15) is 19.4 Å². The van der Waals surface area contributed by atoms with Crippen molar-refractivity contribution in [1.82, 2.24) is 4.90 Å². The van der Waals surface area contributed by atoms with Gasteiger partial charge < -0.3 is 28.7 Å². The van der Waals surface area contributed by atoms with E-state index in [-0.39, 0.29) is 13.2 Å². The standard InChI is InChI=1S/C9H20NO7P/c1-8(11)15-6-9(12)7-17-18(13,14)16-5-4-10(2)3/h9,12H,4-7H2,1-3H3,(H,13,14)/p-1. The zero-order valence-electron chi connectivity index (χ0n) is 10.7. The number of ether oxygens (including phenoxy) is 1. The molecule has 0 aromatic heterocycles. The maximum Gasteiger partial charge on any atom is 0.302 e. The number of likely N-dealkylation sites (N-methyl/N-ethyl adjacent to an activating group) is 1. The molecule has 0 bridgehead atoms. The molecule has 1 N–H and O–H groups in total. The first-order chi connectivity index (χ1) is 8.23. The van der Waals surface area contributed by atoms with Crippen molar-refractivity contribution in [2.75, 3.05) is 40.5 Å². The van der Waals surface area contributed by atoms with Crippen LogP contribution in [0.5, 0.6) is 0 Å². The summed E-state index contributed by atoms with van der Waals surface area (Å²) in [5, 5.41) is 9.25. The molecule has 0 rings (SSSR count). The second-order valence-corrected chi connectivity index (χ2v) is 5.25. The van der Waals surface area contributed by atoms with Gasteiger partial charge in [-0.15, -0.1) is 0 Å². The van der Waals surface area contributed by atoms with Crippen molar-refractivity contribution in [3.05, 3.63) is 0 Å². The molecule has 0 heterocycles. The summed E-state index contributed by atoms with van der Waals surface area (Å²) >= 11 is 0. The Bertz CT molecular complexity index is 297. The van der Waals surface area contributed by atoms with Crippen LogP contribution in [0.2, 0.25) is 0 Å². The van der Waals surface area contributed by atoms with E-state index >= 15 is 0 Å². The third-order valence-electron chi connectivity index (χ3n) is 1.69. The molecule has 0 spiro atoms. The minimum atomic E-state index is -4.43. The van der Waals surface area contributed by atoms with Crippen LogP contribution in [-0.4, -0.2) is 62.5 Å². The van der Waals surface area contributed by atoms with Crippen molar-refractivity contribution in [3.8, 4) is 0 Å². The lowest BCUT2D eigenvalue weighted by molar-refractivity contribution is -0.227. The number of nitrogens with zero attached hydrogens (tertiary/aromatic N) is 1. The number of hydrogen-bond acceptors (Lipinski definition) is 8. The Morgan fingerprint density at radius 2 is 2.00 bits per heavy atom. The number of aliphatic hydroxyl groups excluding tert-OH is 1. The Kier molecular flexibility index (Phi) is 8.34. The average molecular weight is 284 g/mol. The predicted octanol–water partition coefficient (Wildman–Crippen LogP) is -1.03. The summed E-state index contributed by atoms with van der Waals surface area (Å²) in [6, 6.07) is 0. The highest BCUT2D eigenvalue weighted by molar-refractivity contribution is 7.45. The average Bonchev–Trinajstić information content (AvgIpc) is 2.22. The highest BCUT2D eigenvalue weighted by Crippen LogP contribution is 2.37. The second kappa shape index (κ2) is 8.58. The molecule has 0 aliphatic rings. The van der Waals surface area contributed by atoms with Crippen molar-refractivity contribution in [2.45, 2.75) is 13.0 Å². The maximum atomic E-state index is 11.2. The number of aliphatic hydroxyl groups is 1. The number of hydrogen-bond donors (Lipinski definition) is 1. The summed E-state index contributed by atoms with van der Waals surface area (Å²) < 4.78 is 24.6. The lowest BCUT2D eigenvalue weighted by Crippen LogP contribution is -2.25. The third-order valence-corrected chi connectivity index (χ3v) is 2.66. The Balaban J connectivity index is 3.81. The first-order valence-electron chi connectivity index (χ1n) is 5.29. The van der Waals surface area contributed by atoms with Crippen molar-refractivity contribution < 1.29 is 33.1 Å². The summed E-state index contributed by atoms with van der Waals surface area (Å²) in [7, 11) is -0.894. The second-order valence-electron chi connectivity index (χ2n) is 3.84. The fourth-order valence-electron chi connectivity index (χ4n) is 0.811. The SMILES string of the molecule is CC(=O)OCC(O)COP(=O)([O-])OCCN(C)C. The van der Waals surface area contributed by atoms with Gasteiger partial charge in [0.05, 0.1) is 13.2 Å². The maximum absolute atomic E-state index is 11.2. The van der Waals surface area contributed by atoms with Gasteiger partial charge in [-0.25, -0.2) is 0 Å². The number of carbonyl (C=O) groups excluding carboxylic acids is 1. The molecule has 0 radical (unpaired) electrons. The quantitative estimate of drug-likeness (QED) is 0.423. The molecule has 2 atom stereocenters. The summed E-state index contributed by atoms with van der Waals surface area (Å²) in [6.07, 6.45) is -1.21. The molecule has 0 aromatic rings. The molecule has 0 amide bonds. The van der Waals surface area contributed by atoms with Crippen LogP contribution in [0.1, 0.15) is 6.92 Å². The Morgan fingerprint density at radius 1 is 1.39 bits per heavy atom. The Morgan fingerprint density at radius 3 is 2.50 bits per heavy atom. The van der Waals surface area contributed by atoms with Gasteiger partial charge in [0.25, 0.3) is 7.82 Å². The van der Waals surface area contributed by atoms with Crippen molar-refractivity contribution in [2.24, 2.45) is 0 Å². The van der Waals surface area contributed by atoms with Gasteiger partial charge in [-0.05, 0) is 14.1 Å². The lowest BCUT2D eigenvalue weighted by Gasteiger charge is -2.24. The minimum Gasteiger partial charge on any atom is -0.756 e. The molecular weight excluding hydrogens is 265 g/mol. The van der Waals surface area contributed by atoms with E-state index in [1.165, 1.54) is 6.92 Å². The highest BCUT2D eigenvalue weighted by Gasteiger charge is 2.14. The first kappa shape index (κ1) is 17.5. The van der Waals surface area contributed by atoms with Gasteiger partial charge in [0.2, 0.25) is 0 Å². The number of carbonyl (C=O) groups is 1. The van der Waals surface area contributed by atoms with Gasteiger partial charge in [-0.1, -0.05) is 0 Å². The predicted molar refractivity (Wildman–Crippen MR) is 60.7 cm³/mol. The summed E-state index contributed by atoms with van der Waals surface area (Å²) in [5.41, 5.74) is 0. The van der Waals surface area contributed by atoms with Gasteiger partial charge >= 0.3 is 5.97 Å². The zero-order valence-corrected chi connectivity index (χ0v) is 11.6. The number of esters is 1. The van der Waals surface area contributed by atoms with Crippen LogP contribution >= 0.6 is 7.82 Å². The Labute approximate surface area is 106 Å². The highest BCUT2D eigenvalue weighted by atomic mass is 31.2. The van der Waals surface area contributed by atoms with Gasteiger partial charge in [-0.2, -0.15) is 0 Å². The molecule has 2 unspecified atom stereocenters. The van der Waals surface area contributed by atoms with Crippen LogP contribution in [-0.2, 0) is 23.1 Å². The monoisotopic (exact) mass is 284 g/mol. The van der Waals surface area contributed by atoms with E-state index in [1.807, 2.05) is 0 Å². The van der Waals surface area contributed by atoms with E-state index in [4.69, 9.17) is 0 Å². The molecule has 18 heavy (non-hydrogen) atoms. The van der Waals surface area contributed by atoms with Gasteiger partial charge in [0, 0.05) is 13.5 Å². The van der Waals surface area contributed by atoms with E-state index in [0.717, 1.165) is 0 Å². The van der Waals surface area contributed by atoms with E-state index < -0.39 is 26.5 Å². The number of phosphoric acid groups is 1. The fraction of sp³-hybridized carbons (Fsp3) is 0.889. The molecule has 0 saturated carbocycles. The minimum absolute atomic E-state index is 0.0339. The molecule has 0 aliphatic heterocycles. The number of rotatable bonds is 9. The summed E-state index contributed by atoms with van der Waals surface area (Å²) in [4.78, 5) is 23.4. The van der Waals surface area contributed by atoms with Crippen molar-refractivity contribution in [1.29, 1.82) is 0 Å². The normalized spacial score (nSPS) is 16.3. The summed E-state index contributed by atoms with van der Waals surface area (Å²) in [6.45, 7) is 0.721. The topological polar surface area (TPSA) is 108 Å². The molecule has 9 heteroatoms. The van der Waals surface area contributed by atoms with Crippen molar-refractivity contribution in [3.63, 3.8) is 0 Å². The lowest BCUT2D eigenvalue weighted by atomic mass is 10.4. The van der Waals surface area contributed by atoms with Gasteiger partial charge in [0.1, 0.15) is 12.7 Å². The fourth-order valence-corrected chi connectivity index (χ4v) is 1.55. The first-order valence-corrected chi connectivity index (χ1v) is 6.75. The van der Waals surface area contributed by atoms with Crippen LogP contribution in [0.4, 0.5) is 0 Å². The van der Waals surface area contributed by atoms with E-state index in [2.05, 4.69) is 13.8 Å². The van der Waals surface area contributed by atoms with Gasteiger partial charge in [0.15, 0.2) is 0 Å². The smallest absolute Gasteiger partial charge is 0.302 e. The van der Waals surface area contributed by atoms with E-state index in [0.29, 0.717) is 6.54 Å². The van der Waals surface area contributed by atoms with Crippen LogP contribution in [0, 0.1) is 0 Å². The van der Waals surface area contributed by atoms with Crippen LogP contribution in [0.15, 0.2) is 0 Å². The molecule has 0 saturated heterocycles. The molecule has 0 aliphatic carbocycles. The molecule has 0 aromatic carbocycles. The Hall–Kier alpha value is -0.500. The molecule has 8 nitrogen and oxygen atoms in total. The van der Waals surface area contributed by atoms with E-state index in [1.54, 1.807) is 19.0 Å². The zero-order chi connectivity index (χ0) is 14.2.